The molecule has 6 aromatic rings. The number of aryl methyl sites for hydroxylation is 1. The summed E-state index contributed by atoms with van der Waals surface area (Å²) in [6.45, 7) is 2.56. The van der Waals surface area contributed by atoms with Crippen LogP contribution in [-0.4, -0.2) is 47.8 Å². The van der Waals surface area contributed by atoms with Gasteiger partial charge in [0.1, 0.15) is 11.6 Å². The number of para-hydroxylation sites is 3. The van der Waals surface area contributed by atoms with Crippen LogP contribution in [0.15, 0.2) is 78.0 Å². The molecular formula is C27H23N7OS. The average molecular weight is 494 g/mol. The van der Waals surface area contributed by atoms with Gasteiger partial charge >= 0.3 is 0 Å². The first kappa shape index (κ1) is 22.2. The lowest BCUT2D eigenvalue weighted by Gasteiger charge is -2.10. The number of rotatable bonds is 7. The molecule has 0 bridgehead atoms. The molecule has 0 atom stereocenters. The van der Waals surface area contributed by atoms with Crippen molar-refractivity contribution in [2.75, 3.05) is 12.3 Å². The number of fused-ring (bicyclic) bond motifs is 4. The Labute approximate surface area is 211 Å². The van der Waals surface area contributed by atoms with Crippen molar-refractivity contribution in [1.82, 2.24) is 34.9 Å². The SMILES string of the molecule is Cc1ccc(-c2nc3ccccc3c3nnc(SCC(=O)NCCc4nc5ccccc5[nH]4)n23)cc1. The van der Waals surface area contributed by atoms with Gasteiger partial charge in [0.15, 0.2) is 10.8 Å². The van der Waals surface area contributed by atoms with Gasteiger partial charge in [-0.1, -0.05) is 65.9 Å². The van der Waals surface area contributed by atoms with Crippen molar-refractivity contribution in [2.24, 2.45) is 0 Å². The van der Waals surface area contributed by atoms with E-state index in [1.807, 2.05) is 65.1 Å². The minimum atomic E-state index is -0.0708. The number of H-pyrrole nitrogens is 1. The highest BCUT2D eigenvalue weighted by molar-refractivity contribution is 7.99. The van der Waals surface area contributed by atoms with Gasteiger partial charge in [0.2, 0.25) is 5.91 Å². The second-order valence-electron chi connectivity index (χ2n) is 8.55. The smallest absolute Gasteiger partial charge is 0.230 e. The summed E-state index contributed by atoms with van der Waals surface area (Å²) in [5.74, 6) is 1.76. The second-order valence-corrected chi connectivity index (χ2v) is 9.49. The molecule has 6 rings (SSSR count). The number of thioether (sulfide) groups is 1. The third-order valence-electron chi connectivity index (χ3n) is 5.98. The Bertz CT molecular complexity index is 1670. The fraction of sp³-hybridized carbons (Fsp3) is 0.148. The van der Waals surface area contributed by atoms with E-state index >= 15 is 0 Å². The molecule has 2 N–H and O–H groups in total. The minimum Gasteiger partial charge on any atom is -0.355 e. The van der Waals surface area contributed by atoms with Gasteiger partial charge in [0, 0.05) is 23.9 Å². The molecule has 0 saturated heterocycles. The summed E-state index contributed by atoms with van der Waals surface area (Å²) < 4.78 is 1.94. The largest absolute Gasteiger partial charge is 0.355 e. The number of nitrogens with one attached hydrogen (secondary N) is 2. The quantitative estimate of drug-likeness (QED) is 0.316. The van der Waals surface area contributed by atoms with E-state index in [4.69, 9.17) is 4.98 Å². The van der Waals surface area contributed by atoms with Crippen molar-refractivity contribution in [1.29, 1.82) is 0 Å². The molecule has 9 heteroatoms. The van der Waals surface area contributed by atoms with Crippen LogP contribution in [0, 0.1) is 6.92 Å². The van der Waals surface area contributed by atoms with Crippen LogP contribution in [0.25, 0.3) is 39.0 Å². The molecule has 0 radical (unpaired) electrons. The van der Waals surface area contributed by atoms with Crippen molar-refractivity contribution < 1.29 is 4.79 Å². The molecule has 3 aromatic carbocycles. The van der Waals surface area contributed by atoms with E-state index in [1.54, 1.807) is 0 Å². The lowest BCUT2D eigenvalue weighted by molar-refractivity contribution is -0.118. The molecule has 0 aliphatic carbocycles. The van der Waals surface area contributed by atoms with Crippen molar-refractivity contribution in [3.05, 3.63) is 84.2 Å². The van der Waals surface area contributed by atoms with E-state index < -0.39 is 0 Å². The van der Waals surface area contributed by atoms with Crippen LogP contribution in [0.5, 0.6) is 0 Å². The second kappa shape index (κ2) is 9.43. The van der Waals surface area contributed by atoms with E-state index in [2.05, 4.69) is 44.5 Å². The number of hydrogen-bond donors (Lipinski definition) is 2. The Morgan fingerprint density at radius 1 is 0.944 bits per heavy atom. The zero-order valence-electron chi connectivity index (χ0n) is 19.6. The molecule has 36 heavy (non-hydrogen) atoms. The molecular weight excluding hydrogens is 470 g/mol. The molecule has 0 saturated carbocycles. The Hall–Kier alpha value is -4.24. The Morgan fingerprint density at radius 2 is 1.72 bits per heavy atom. The number of amides is 1. The third kappa shape index (κ3) is 4.29. The van der Waals surface area contributed by atoms with E-state index in [0.717, 1.165) is 44.8 Å². The fourth-order valence-corrected chi connectivity index (χ4v) is 4.94. The first-order valence-corrected chi connectivity index (χ1v) is 12.7. The van der Waals surface area contributed by atoms with E-state index in [9.17, 15) is 4.79 Å². The Morgan fingerprint density at radius 3 is 2.56 bits per heavy atom. The first-order valence-electron chi connectivity index (χ1n) is 11.7. The maximum atomic E-state index is 12.6. The minimum absolute atomic E-state index is 0.0708. The van der Waals surface area contributed by atoms with Crippen LogP contribution in [0.2, 0.25) is 0 Å². The van der Waals surface area contributed by atoms with E-state index in [1.165, 1.54) is 17.3 Å². The highest BCUT2D eigenvalue weighted by Gasteiger charge is 2.17. The summed E-state index contributed by atoms with van der Waals surface area (Å²) in [4.78, 5) is 25.4. The van der Waals surface area contributed by atoms with Crippen molar-refractivity contribution in [2.45, 2.75) is 18.5 Å². The summed E-state index contributed by atoms with van der Waals surface area (Å²) in [5.41, 5.74) is 5.65. The van der Waals surface area contributed by atoms with Gasteiger partial charge in [0.05, 0.1) is 22.3 Å². The van der Waals surface area contributed by atoms with Gasteiger partial charge in [-0.15, -0.1) is 10.2 Å². The van der Waals surface area contributed by atoms with E-state index in [-0.39, 0.29) is 11.7 Å². The van der Waals surface area contributed by atoms with Gasteiger partial charge in [-0.05, 0) is 31.2 Å². The maximum absolute atomic E-state index is 12.6. The van der Waals surface area contributed by atoms with Crippen molar-refractivity contribution in [3.8, 4) is 11.4 Å². The van der Waals surface area contributed by atoms with Gasteiger partial charge in [0.25, 0.3) is 0 Å². The van der Waals surface area contributed by atoms with Crippen molar-refractivity contribution in [3.63, 3.8) is 0 Å². The van der Waals surface area contributed by atoms with Crippen LogP contribution in [-0.2, 0) is 11.2 Å². The normalized spacial score (nSPS) is 11.5. The maximum Gasteiger partial charge on any atom is 0.230 e. The lowest BCUT2D eigenvalue weighted by atomic mass is 10.1. The summed E-state index contributed by atoms with van der Waals surface area (Å²) >= 11 is 1.35. The monoisotopic (exact) mass is 493 g/mol. The molecule has 1 amide bonds. The zero-order valence-corrected chi connectivity index (χ0v) is 20.4. The van der Waals surface area contributed by atoms with Crippen LogP contribution in [0.4, 0.5) is 0 Å². The molecule has 0 spiro atoms. The predicted octanol–water partition coefficient (Wildman–Crippen LogP) is 4.58. The number of imidazole rings is 1. The molecule has 3 aromatic heterocycles. The molecule has 0 aliphatic heterocycles. The molecule has 0 aliphatic rings. The van der Waals surface area contributed by atoms with Crippen LogP contribution in [0.1, 0.15) is 11.4 Å². The molecule has 3 heterocycles. The number of nitrogens with zero attached hydrogens (tertiary/aromatic N) is 5. The number of aromatic nitrogens is 6. The number of carbonyl (C=O) groups is 1. The summed E-state index contributed by atoms with van der Waals surface area (Å²) in [6.07, 6.45) is 0.631. The summed E-state index contributed by atoms with van der Waals surface area (Å²) in [6, 6.07) is 24.0. The van der Waals surface area contributed by atoms with Crippen LogP contribution < -0.4 is 5.32 Å². The summed E-state index contributed by atoms with van der Waals surface area (Å²) in [7, 11) is 0. The molecule has 0 unspecified atom stereocenters. The van der Waals surface area contributed by atoms with Crippen molar-refractivity contribution >= 4 is 45.3 Å². The predicted molar refractivity (Wildman–Crippen MR) is 142 cm³/mol. The lowest BCUT2D eigenvalue weighted by Crippen LogP contribution is -2.27. The highest BCUT2D eigenvalue weighted by atomic mass is 32.2. The number of hydrogen-bond acceptors (Lipinski definition) is 6. The Kier molecular flexibility index (Phi) is 5.82. The van der Waals surface area contributed by atoms with E-state index in [0.29, 0.717) is 18.1 Å². The first-order chi connectivity index (χ1) is 17.7. The third-order valence-corrected chi connectivity index (χ3v) is 6.91. The standard InChI is InChI=1S/C27H23N7OS/c1-17-10-12-18(13-11-17)25-31-20-7-3-2-6-19(20)26-32-33-27(34(25)26)36-16-24(35)28-15-14-23-29-21-8-4-5-9-22(21)30-23/h2-13H,14-16H2,1H3,(H,28,35)(H,29,30). The molecule has 178 valence electrons. The zero-order chi connectivity index (χ0) is 24.5. The van der Waals surface area contributed by atoms with Gasteiger partial charge < -0.3 is 10.3 Å². The summed E-state index contributed by atoms with van der Waals surface area (Å²) in [5, 5.41) is 13.4. The fourth-order valence-electron chi connectivity index (χ4n) is 4.17. The number of aromatic amines is 1. The number of carbonyl (C=O) groups excluding carboxylic acids is 1. The van der Waals surface area contributed by atoms with Crippen LogP contribution >= 0.6 is 11.8 Å². The highest BCUT2D eigenvalue weighted by Crippen LogP contribution is 2.29. The average Bonchev–Trinajstić information content (AvgIpc) is 3.52. The topological polar surface area (TPSA) is 101 Å². The van der Waals surface area contributed by atoms with Crippen LogP contribution in [0.3, 0.4) is 0 Å². The van der Waals surface area contributed by atoms with Gasteiger partial charge in [-0.25, -0.2) is 9.97 Å². The van der Waals surface area contributed by atoms with Gasteiger partial charge in [-0.2, -0.15) is 0 Å². The molecule has 8 nitrogen and oxygen atoms in total. The number of benzene rings is 3. The Balaban J connectivity index is 1.20. The molecule has 0 fully saturated rings. The van der Waals surface area contributed by atoms with Gasteiger partial charge in [-0.3, -0.25) is 9.20 Å².